The van der Waals surface area contributed by atoms with E-state index in [4.69, 9.17) is 14.7 Å². The van der Waals surface area contributed by atoms with E-state index in [0.717, 1.165) is 18.7 Å². The van der Waals surface area contributed by atoms with Crippen LogP contribution in [0.4, 0.5) is 17.1 Å². The molecule has 0 aliphatic carbocycles. The van der Waals surface area contributed by atoms with Gasteiger partial charge in [-0.3, -0.25) is 10.1 Å². The molecule has 0 saturated carbocycles. The van der Waals surface area contributed by atoms with Gasteiger partial charge >= 0.3 is 0 Å². The summed E-state index contributed by atoms with van der Waals surface area (Å²) in [7, 11) is 5.08. The molecule has 0 amide bonds. The Morgan fingerprint density at radius 1 is 1.21 bits per heavy atom. The SMILES string of the molecule is COc1cc(OC)cc(N2CCC(N(C)c3ccc(C#N)cc3[N+](=O)[O-])C2)c1. The number of likely N-dealkylation sites (N-methyl/N-ethyl adjacent to an activating group) is 1. The lowest BCUT2D eigenvalue weighted by Gasteiger charge is -2.27. The first-order valence-corrected chi connectivity index (χ1v) is 8.86. The van der Waals surface area contributed by atoms with Gasteiger partial charge in [-0.15, -0.1) is 0 Å². The van der Waals surface area contributed by atoms with Crippen molar-refractivity contribution in [3.05, 3.63) is 52.1 Å². The third kappa shape index (κ3) is 3.78. The minimum Gasteiger partial charge on any atom is -0.497 e. The average molecular weight is 382 g/mol. The Labute approximate surface area is 163 Å². The number of ether oxygens (including phenoxy) is 2. The molecule has 1 aliphatic heterocycles. The minimum absolute atomic E-state index is 0.0527. The number of hydrogen-bond donors (Lipinski definition) is 0. The summed E-state index contributed by atoms with van der Waals surface area (Å²) in [5, 5.41) is 20.5. The fraction of sp³-hybridized carbons (Fsp3) is 0.350. The smallest absolute Gasteiger partial charge is 0.293 e. The number of methoxy groups -OCH3 is 2. The van der Waals surface area contributed by atoms with Crippen LogP contribution in [0.2, 0.25) is 0 Å². The van der Waals surface area contributed by atoms with Gasteiger partial charge in [0.15, 0.2) is 0 Å². The van der Waals surface area contributed by atoms with Gasteiger partial charge in [0.25, 0.3) is 5.69 Å². The molecule has 1 unspecified atom stereocenters. The van der Waals surface area contributed by atoms with E-state index in [-0.39, 0.29) is 17.3 Å². The van der Waals surface area contributed by atoms with Crippen molar-refractivity contribution in [2.24, 2.45) is 0 Å². The molecule has 1 saturated heterocycles. The molecule has 1 heterocycles. The van der Waals surface area contributed by atoms with Crippen LogP contribution < -0.4 is 19.3 Å². The highest BCUT2D eigenvalue weighted by molar-refractivity contribution is 5.66. The molecule has 0 N–H and O–H groups in total. The van der Waals surface area contributed by atoms with Crippen LogP contribution in [0, 0.1) is 21.4 Å². The second-order valence-electron chi connectivity index (χ2n) is 6.64. The quantitative estimate of drug-likeness (QED) is 0.559. The lowest BCUT2D eigenvalue weighted by Crippen LogP contribution is -2.35. The zero-order valence-corrected chi connectivity index (χ0v) is 16.1. The van der Waals surface area contributed by atoms with E-state index in [0.29, 0.717) is 23.7 Å². The Bertz CT molecular complexity index is 903. The highest BCUT2D eigenvalue weighted by Gasteiger charge is 2.30. The van der Waals surface area contributed by atoms with Gasteiger partial charge in [-0.25, -0.2) is 0 Å². The number of nitrogens with zero attached hydrogens (tertiary/aromatic N) is 4. The first-order valence-electron chi connectivity index (χ1n) is 8.86. The highest BCUT2D eigenvalue weighted by Crippen LogP contribution is 2.34. The summed E-state index contributed by atoms with van der Waals surface area (Å²) in [4.78, 5) is 15.2. The standard InChI is InChI=1S/C20H22N4O4/c1-22(19-5-4-14(12-21)8-20(19)24(25)26)15-6-7-23(13-15)16-9-17(27-2)11-18(10-16)28-3/h4-5,8-11,15H,6-7,13H2,1-3H3. The second-order valence-corrected chi connectivity index (χ2v) is 6.64. The van der Waals surface area contributed by atoms with Gasteiger partial charge in [0.1, 0.15) is 17.2 Å². The van der Waals surface area contributed by atoms with Crippen molar-refractivity contribution >= 4 is 17.1 Å². The van der Waals surface area contributed by atoms with Gasteiger partial charge in [0.2, 0.25) is 0 Å². The van der Waals surface area contributed by atoms with Crippen LogP contribution in [0.5, 0.6) is 11.5 Å². The second kappa shape index (κ2) is 8.05. The number of nitro groups is 1. The number of rotatable bonds is 6. The molecule has 1 atom stereocenters. The molecule has 8 heteroatoms. The summed E-state index contributed by atoms with van der Waals surface area (Å²) in [5.41, 5.74) is 1.73. The summed E-state index contributed by atoms with van der Waals surface area (Å²) in [6, 6.07) is 12.4. The Morgan fingerprint density at radius 3 is 2.46 bits per heavy atom. The fourth-order valence-electron chi connectivity index (χ4n) is 3.50. The Kier molecular flexibility index (Phi) is 5.54. The minimum atomic E-state index is -0.438. The molecule has 2 aromatic rings. The van der Waals surface area contributed by atoms with Crippen molar-refractivity contribution in [1.82, 2.24) is 0 Å². The van der Waals surface area contributed by atoms with E-state index in [1.54, 1.807) is 26.4 Å². The molecule has 0 aromatic heterocycles. The zero-order chi connectivity index (χ0) is 20.3. The van der Waals surface area contributed by atoms with Crippen LogP contribution in [0.15, 0.2) is 36.4 Å². The fourth-order valence-corrected chi connectivity index (χ4v) is 3.50. The molecule has 2 aromatic carbocycles. The van der Waals surface area contributed by atoms with Gasteiger partial charge in [-0.05, 0) is 18.6 Å². The van der Waals surface area contributed by atoms with Gasteiger partial charge in [0, 0.05) is 56.1 Å². The molecule has 0 bridgehead atoms. The summed E-state index contributed by atoms with van der Waals surface area (Å²) in [6.45, 7) is 1.53. The predicted molar refractivity (Wildman–Crippen MR) is 106 cm³/mol. The highest BCUT2D eigenvalue weighted by atomic mass is 16.6. The van der Waals surface area contributed by atoms with Crippen molar-refractivity contribution in [2.75, 3.05) is 44.2 Å². The Morgan fingerprint density at radius 2 is 1.89 bits per heavy atom. The van der Waals surface area contributed by atoms with Gasteiger partial charge in [-0.2, -0.15) is 5.26 Å². The van der Waals surface area contributed by atoms with E-state index >= 15 is 0 Å². The van der Waals surface area contributed by atoms with Crippen LogP contribution in [-0.4, -0.2) is 45.3 Å². The van der Waals surface area contributed by atoms with Crippen LogP contribution in [0.3, 0.4) is 0 Å². The molecule has 28 heavy (non-hydrogen) atoms. The Balaban J connectivity index is 1.83. The molecular weight excluding hydrogens is 360 g/mol. The first-order chi connectivity index (χ1) is 13.5. The number of hydrogen-bond acceptors (Lipinski definition) is 7. The van der Waals surface area contributed by atoms with E-state index in [1.807, 2.05) is 36.2 Å². The third-order valence-corrected chi connectivity index (χ3v) is 5.09. The van der Waals surface area contributed by atoms with Crippen LogP contribution in [0.1, 0.15) is 12.0 Å². The number of anilines is 2. The largest absolute Gasteiger partial charge is 0.497 e. The summed E-state index contributed by atoms with van der Waals surface area (Å²) < 4.78 is 10.7. The van der Waals surface area contributed by atoms with E-state index in [2.05, 4.69) is 4.90 Å². The maximum absolute atomic E-state index is 11.5. The predicted octanol–water partition coefficient (Wildman–Crippen LogP) is 3.20. The molecular formula is C20H22N4O4. The van der Waals surface area contributed by atoms with Crippen molar-refractivity contribution in [3.8, 4) is 17.6 Å². The average Bonchev–Trinajstić information content (AvgIpc) is 3.22. The van der Waals surface area contributed by atoms with Crippen molar-refractivity contribution in [3.63, 3.8) is 0 Å². The van der Waals surface area contributed by atoms with Crippen LogP contribution in [0.25, 0.3) is 0 Å². The monoisotopic (exact) mass is 382 g/mol. The number of benzene rings is 2. The van der Waals surface area contributed by atoms with E-state index in [1.165, 1.54) is 6.07 Å². The molecule has 1 fully saturated rings. The summed E-state index contributed by atoms with van der Waals surface area (Å²) in [5.74, 6) is 1.43. The van der Waals surface area contributed by atoms with Crippen molar-refractivity contribution in [1.29, 1.82) is 5.26 Å². The summed E-state index contributed by atoms with van der Waals surface area (Å²) >= 11 is 0. The third-order valence-electron chi connectivity index (χ3n) is 5.09. The summed E-state index contributed by atoms with van der Waals surface area (Å²) in [6.07, 6.45) is 0.854. The maximum Gasteiger partial charge on any atom is 0.293 e. The normalized spacial score (nSPS) is 15.8. The van der Waals surface area contributed by atoms with Gasteiger partial charge in [-0.1, -0.05) is 0 Å². The molecule has 146 valence electrons. The molecule has 1 aliphatic rings. The zero-order valence-electron chi connectivity index (χ0n) is 16.1. The maximum atomic E-state index is 11.5. The van der Waals surface area contributed by atoms with Gasteiger partial charge < -0.3 is 19.3 Å². The molecule has 0 spiro atoms. The van der Waals surface area contributed by atoms with Gasteiger partial charge in [0.05, 0.1) is 30.8 Å². The van der Waals surface area contributed by atoms with Crippen LogP contribution >= 0.6 is 0 Å². The topological polar surface area (TPSA) is 91.9 Å². The van der Waals surface area contributed by atoms with Crippen molar-refractivity contribution < 1.29 is 14.4 Å². The number of nitro benzene ring substituents is 1. The van der Waals surface area contributed by atoms with E-state index < -0.39 is 4.92 Å². The van der Waals surface area contributed by atoms with Crippen molar-refractivity contribution in [2.45, 2.75) is 12.5 Å². The van der Waals surface area contributed by atoms with Crippen LogP contribution in [-0.2, 0) is 0 Å². The molecule has 3 rings (SSSR count). The lowest BCUT2D eigenvalue weighted by atomic mass is 10.1. The lowest BCUT2D eigenvalue weighted by molar-refractivity contribution is -0.384. The first kappa shape index (κ1) is 19.3. The van der Waals surface area contributed by atoms with E-state index in [9.17, 15) is 10.1 Å². The number of nitriles is 1. The molecule has 8 nitrogen and oxygen atoms in total. The Hall–Kier alpha value is -3.47. The molecule has 0 radical (unpaired) electrons.